The number of hydrogen-bond donors (Lipinski definition) is 4. The third-order valence-electron chi connectivity index (χ3n) is 5.18. The third kappa shape index (κ3) is 3.15. The second kappa shape index (κ2) is 4.97. The lowest BCUT2D eigenvalue weighted by Gasteiger charge is -2.64. The molecule has 4 fully saturated rings. The second-order valence-electron chi connectivity index (χ2n) is 8.12. The van der Waals surface area contributed by atoms with Gasteiger partial charge in [0.2, 0.25) is 0 Å². The molecule has 4 aliphatic carbocycles. The normalized spacial score (nSPS) is 46.5. The summed E-state index contributed by atoms with van der Waals surface area (Å²) in [7, 11) is 0. The standard InChI is InChI=1S/C12H21N.C3H7NO3/c1-10-3-9-4-11(2,6-10)8-12(13,5-9)7-10;4-2(1-5)3(6)7/h9H,3-8,13H2,1-2H3;2,5H,1,4H2,(H,6,7)/t9?,10-,11+,12?;2-/m.1/s1. The van der Waals surface area contributed by atoms with Gasteiger partial charge in [0.15, 0.2) is 0 Å². The van der Waals surface area contributed by atoms with E-state index in [1.807, 2.05) is 0 Å². The Hall–Kier alpha value is -0.650. The maximum atomic E-state index is 9.65. The lowest BCUT2D eigenvalue weighted by atomic mass is 9.43. The molecule has 0 aliphatic heterocycles. The zero-order valence-electron chi connectivity index (χ0n) is 12.6. The SMILES string of the molecule is C[C@]12CC3CC(N)(C1)C[C@@](C)(C3)C2.N[C@H](CO)C(=O)O. The summed E-state index contributed by atoms with van der Waals surface area (Å²) in [5, 5.41) is 15.9. The highest BCUT2D eigenvalue weighted by Crippen LogP contribution is 2.65. The molecule has 0 spiro atoms. The minimum atomic E-state index is -1.18. The molecule has 5 heteroatoms. The van der Waals surface area contributed by atoms with E-state index in [2.05, 4.69) is 13.8 Å². The van der Waals surface area contributed by atoms with Crippen molar-refractivity contribution in [3.05, 3.63) is 0 Å². The van der Waals surface area contributed by atoms with Crippen molar-refractivity contribution in [3.63, 3.8) is 0 Å². The van der Waals surface area contributed by atoms with Gasteiger partial charge in [-0.2, -0.15) is 0 Å². The zero-order valence-corrected chi connectivity index (χ0v) is 12.6. The van der Waals surface area contributed by atoms with E-state index < -0.39 is 18.6 Å². The lowest BCUT2D eigenvalue weighted by Crippen LogP contribution is -2.62. The van der Waals surface area contributed by atoms with Crippen molar-refractivity contribution in [2.24, 2.45) is 28.2 Å². The average Bonchev–Trinajstić information content (AvgIpc) is 2.21. The van der Waals surface area contributed by atoms with Crippen molar-refractivity contribution in [3.8, 4) is 0 Å². The molecule has 2 unspecified atom stereocenters. The smallest absolute Gasteiger partial charge is 0.322 e. The maximum absolute atomic E-state index is 9.65. The maximum Gasteiger partial charge on any atom is 0.322 e. The molecule has 4 bridgehead atoms. The van der Waals surface area contributed by atoms with Crippen molar-refractivity contribution in [1.82, 2.24) is 0 Å². The summed E-state index contributed by atoms with van der Waals surface area (Å²) in [5.41, 5.74) is 12.7. The van der Waals surface area contributed by atoms with Crippen LogP contribution in [0.15, 0.2) is 0 Å². The van der Waals surface area contributed by atoms with Gasteiger partial charge in [0.1, 0.15) is 6.04 Å². The molecule has 0 radical (unpaired) electrons. The summed E-state index contributed by atoms with van der Waals surface area (Å²) in [6.45, 7) is 4.43. The Kier molecular flexibility index (Phi) is 3.91. The first-order chi connectivity index (χ1) is 9.09. The van der Waals surface area contributed by atoms with Crippen molar-refractivity contribution < 1.29 is 15.0 Å². The van der Waals surface area contributed by atoms with E-state index >= 15 is 0 Å². The van der Waals surface area contributed by atoms with E-state index in [1.54, 1.807) is 0 Å². The summed E-state index contributed by atoms with van der Waals surface area (Å²) >= 11 is 0. The van der Waals surface area contributed by atoms with Crippen LogP contribution in [0.1, 0.15) is 52.4 Å². The van der Waals surface area contributed by atoms with Crippen LogP contribution in [0.2, 0.25) is 0 Å². The third-order valence-corrected chi connectivity index (χ3v) is 5.18. The van der Waals surface area contributed by atoms with Crippen LogP contribution in [-0.4, -0.2) is 34.4 Å². The lowest BCUT2D eigenvalue weighted by molar-refractivity contribution is -0.139. The van der Waals surface area contributed by atoms with Crippen molar-refractivity contribution in [2.45, 2.75) is 64.0 Å². The van der Waals surface area contributed by atoms with Crippen LogP contribution in [-0.2, 0) is 4.79 Å². The monoisotopic (exact) mass is 284 g/mol. The van der Waals surface area contributed by atoms with Gasteiger partial charge < -0.3 is 21.7 Å². The number of rotatable bonds is 2. The molecule has 4 saturated carbocycles. The highest BCUT2D eigenvalue weighted by Gasteiger charge is 2.58. The van der Waals surface area contributed by atoms with Gasteiger partial charge in [0.25, 0.3) is 0 Å². The van der Waals surface area contributed by atoms with Crippen molar-refractivity contribution >= 4 is 5.97 Å². The fourth-order valence-corrected chi connectivity index (χ4v) is 5.61. The van der Waals surface area contributed by atoms with Gasteiger partial charge in [-0.25, -0.2) is 0 Å². The predicted octanol–water partition coefficient (Wildman–Crippen LogP) is 1.08. The number of hydrogen-bond acceptors (Lipinski definition) is 4. The first-order valence-electron chi connectivity index (χ1n) is 7.47. The first kappa shape index (κ1) is 15.7. The quantitative estimate of drug-likeness (QED) is 0.606. The van der Waals surface area contributed by atoms with Gasteiger partial charge in [-0.3, -0.25) is 4.79 Å². The minimum Gasteiger partial charge on any atom is -0.480 e. The highest BCUT2D eigenvalue weighted by atomic mass is 16.4. The Morgan fingerprint density at radius 1 is 1.20 bits per heavy atom. The summed E-state index contributed by atoms with van der Waals surface area (Å²) in [6, 6.07) is -1.13. The molecule has 0 aromatic rings. The highest BCUT2D eigenvalue weighted by molar-refractivity contribution is 5.73. The summed E-state index contributed by atoms with van der Waals surface area (Å²) < 4.78 is 0. The first-order valence-corrected chi connectivity index (χ1v) is 7.47. The van der Waals surface area contributed by atoms with E-state index in [1.165, 1.54) is 38.5 Å². The van der Waals surface area contributed by atoms with Crippen LogP contribution in [0.4, 0.5) is 0 Å². The van der Waals surface area contributed by atoms with E-state index in [0.29, 0.717) is 10.8 Å². The number of aliphatic hydroxyl groups excluding tert-OH is 1. The summed E-state index contributed by atoms with van der Waals surface area (Å²) in [4.78, 5) is 9.65. The van der Waals surface area contributed by atoms with Gasteiger partial charge in [-0.1, -0.05) is 13.8 Å². The van der Waals surface area contributed by atoms with Gasteiger partial charge in [0, 0.05) is 5.54 Å². The van der Waals surface area contributed by atoms with Gasteiger partial charge in [0.05, 0.1) is 6.61 Å². The van der Waals surface area contributed by atoms with Crippen LogP contribution in [0.25, 0.3) is 0 Å². The van der Waals surface area contributed by atoms with Crippen LogP contribution in [0.3, 0.4) is 0 Å². The van der Waals surface area contributed by atoms with Crippen molar-refractivity contribution in [2.75, 3.05) is 6.61 Å². The number of carboxylic acids is 1. The Labute approximate surface area is 120 Å². The minimum absolute atomic E-state index is 0.225. The molecular weight excluding hydrogens is 256 g/mol. The molecule has 116 valence electrons. The van der Waals surface area contributed by atoms with E-state index in [-0.39, 0.29) is 5.54 Å². The van der Waals surface area contributed by atoms with E-state index in [0.717, 1.165) is 5.92 Å². The number of aliphatic carboxylic acids is 1. The summed E-state index contributed by atoms with van der Waals surface area (Å²) in [6.07, 6.45) is 8.27. The molecule has 4 rings (SSSR count). The van der Waals surface area contributed by atoms with Crippen LogP contribution < -0.4 is 11.5 Å². The molecule has 0 amide bonds. The van der Waals surface area contributed by atoms with Crippen LogP contribution in [0.5, 0.6) is 0 Å². The zero-order chi connectivity index (χ0) is 15.2. The van der Waals surface area contributed by atoms with Crippen molar-refractivity contribution in [1.29, 1.82) is 0 Å². The molecular formula is C15H28N2O3. The molecule has 5 atom stereocenters. The number of carboxylic acid groups (broad SMARTS) is 1. The summed E-state index contributed by atoms with van der Waals surface area (Å²) in [5.74, 6) is -0.223. The van der Waals surface area contributed by atoms with E-state index in [4.69, 9.17) is 21.7 Å². The topological polar surface area (TPSA) is 110 Å². The van der Waals surface area contributed by atoms with Gasteiger partial charge in [-0.05, 0) is 55.3 Å². The van der Waals surface area contributed by atoms with Gasteiger partial charge >= 0.3 is 5.97 Å². The largest absolute Gasteiger partial charge is 0.480 e. The number of carbonyl (C=O) groups is 1. The molecule has 4 aliphatic rings. The molecule has 0 aromatic carbocycles. The molecule has 0 heterocycles. The Bertz CT molecular complexity index is 348. The molecule has 0 saturated heterocycles. The fraction of sp³-hybridized carbons (Fsp3) is 0.933. The van der Waals surface area contributed by atoms with Crippen LogP contribution >= 0.6 is 0 Å². The Morgan fingerprint density at radius 3 is 1.95 bits per heavy atom. The Morgan fingerprint density at radius 2 is 1.70 bits per heavy atom. The second-order valence-corrected chi connectivity index (χ2v) is 8.12. The van der Waals surface area contributed by atoms with E-state index in [9.17, 15) is 4.79 Å². The molecule has 20 heavy (non-hydrogen) atoms. The average molecular weight is 284 g/mol. The molecule has 5 nitrogen and oxygen atoms in total. The van der Waals surface area contributed by atoms with Gasteiger partial charge in [-0.15, -0.1) is 0 Å². The fourth-order valence-electron chi connectivity index (χ4n) is 5.61. The Balaban J connectivity index is 0.000000182. The molecule has 6 N–H and O–H groups in total. The number of aliphatic hydroxyl groups is 1. The number of nitrogens with two attached hydrogens (primary N) is 2. The molecule has 0 aromatic heterocycles. The van der Waals surface area contributed by atoms with Crippen LogP contribution in [0, 0.1) is 16.7 Å². The predicted molar refractivity (Wildman–Crippen MR) is 77.0 cm³/mol.